The predicted octanol–water partition coefficient (Wildman–Crippen LogP) is 4.89. The number of aromatic nitrogens is 1. The maximum Gasteiger partial charge on any atom is 0.259 e. The van der Waals surface area contributed by atoms with Crippen molar-refractivity contribution in [3.8, 4) is 11.1 Å². The zero-order valence-corrected chi connectivity index (χ0v) is 23.8. The van der Waals surface area contributed by atoms with Crippen molar-refractivity contribution in [1.29, 1.82) is 0 Å². The molecule has 222 valence electrons. The van der Waals surface area contributed by atoms with E-state index in [1.165, 1.54) is 18.7 Å². The van der Waals surface area contributed by atoms with Crippen LogP contribution in [0.1, 0.15) is 77.7 Å². The largest absolute Gasteiger partial charge is 0.394 e. The molecular weight excluding hydrogens is 542 g/mol. The Morgan fingerprint density at radius 3 is 2.40 bits per heavy atom. The maximum absolute atomic E-state index is 14.9. The lowest BCUT2D eigenvalue weighted by molar-refractivity contribution is -0.118. The molecule has 1 aliphatic heterocycles. The van der Waals surface area contributed by atoms with Gasteiger partial charge in [-0.1, -0.05) is 44.7 Å². The Kier molecular flexibility index (Phi) is 10.5. The number of rotatable bonds is 13. The van der Waals surface area contributed by atoms with Gasteiger partial charge in [0.2, 0.25) is 0 Å². The molecule has 2 aromatic carbocycles. The molecule has 42 heavy (non-hydrogen) atoms. The van der Waals surface area contributed by atoms with Gasteiger partial charge < -0.3 is 20.8 Å². The number of amides is 2. The van der Waals surface area contributed by atoms with E-state index in [2.05, 4.69) is 27.5 Å². The van der Waals surface area contributed by atoms with Gasteiger partial charge in [-0.15, -0.1) is 0 Å². The SMILES string of the molecule is CCCCCCCNC(=O)c1ccc(C)c(-c2cc(NC(CO)CO)nc3c2C=NC(=O)C3c2c(F)cccc2F)c1. The van der Waals surface area contributed by atoms with E-state index in [9.17, 15) is 28.6 Å². The number of aliphatic hydroxyl groups excluding tert-OH is 2. The zero-order chi connectivity index (χ0) is 30.2. The van der Waals surface area contributed by atoms with Crippen molar-refractivity contribution in [2.75, 3.05) is 25.1 Å². The van der Waals surface area contributed by atoms with Crippen LogP contribution < -0.4 is 10.6 Å². The van der Waals surface area contributed by atoms with Crippen molar-refractivity contribution in [3.63, 3.8) is 0 Å². The molecule has 0 bridgehead atoms. The van der Waals surface area contributed by atoms with Gasteiger partial charge in [-0.2, -0.15) is 0 Å². The number of aliphatic imine (C=N–C) groups is 1. The van der Waals surface area contributed by atoms with E-state index in [0.29, 0.717) is 28.8 Å². The average Bonchev–Trinajstić information content (AvgIpc) is 2.98. The number of fused-ring (bicyclic) bond motifs is 1. The van der Waals surface area contributed by atoms with Gasteiger partial charge in [-0.3, -0.25) is 9.59 Å². The second kappa shape index (κ2) is 14.2. The summed E-state index contributed by atoms with van der Waals surface area (Å²) >= 11 is 0. The molecule has 0 aliphatic carbocycles. The predicted molar refractivity (Wildman–Crippen MR) is 158 cm³/mol. The summed E-state index contributed by atoms with van der Waals surface area (Å²) < 4.78 is 29.9. The Balaban J connectivity index is 1.80. The molecule has 8 nitrogen and oxygen atoms in total. The summed E-state index contributed by atoms with van der Waals surface area (Å²) in [5.74, 6) is -4.14. The van der Waals surface area contributed by atoms with Crippen LogP contribution in [0, 0.1) is 18.6 Å². The minimum atomic E-state index is -1.46. The minimum absolute atomic E-state index is 0.0648. The molecule has 0 spiro atoms. The number of aliphatic hydroxyl groups is 2. The van der Waals surface area contributed by atoms with Crippen LogP contribution >= 0.6 is 0 Å². The van der Waals surface area contributed by atoms with Gasteiger partial charge >= 0.3 is 0 Å². The average molecular weight is 579 g/mol. The van der Waals surface area contributed by atoms with Crippen LogP contribution in [0.3, 0.4) is 0 Å². The molecule has 4 rings (SSSR count). The number of halogens is 2. The molecule has 4 N–H and O–H groups in total. The summed E-state index contributed by atoms with van der Waals surface area (Å²) in [5, 5.41) is 25.2. The summed E-state index contributed by atoms with van der Waals surface area (Å²) in [7, 11) is 0. The lowest BCUT2D eigenvalue weighted by atomic mass is 9.85. The van der Waals surface area contributed by atoms with Crippen LogP contribution in [0.2, 0.25) is 0 Å². The van der Waals surface area contributed by atoms with Crippen LogP contribution in [0.15, 0.2) is 47.5 Å². The van der Waals surface area contributed by atoms with Crippen LogP contribution in [-0.2, 0) is 4.79 Å². The molecule has 1 unspecified atom stereocenters. The van der Waals surface area contributed by atoms with Gasteiger partial charge in [-0.05, 0) is 60.4 Å². The van der Waals surface area contributed by atoms with Gasteiger partial charge in [0.25, 0.3) is 11.8 Å². The van der Waals surface area contributed by atoms with Gasteiger partial charge in [0, 0.05) is 29.4 Å². The number of anilines is 1. The number of carbonyl (C=O) groups is 2. The molecule has 3 aromatic rings. The lowest BCUT2D eigenvalue weighted by Gasteiger charge is -2.25. The van der Waals surface area contributed by atoms with Gasteiger partial charge in [-0.25, -0.2) is 18.8 Å². The highest BCUT2D eigenvalue weighted by atomic mass is 19.1. The van der Waals surface area contributed by atoms with Crippen molar-refractivity contribution < 1.29 is 28.6 Å². The number of pyridine rings is 1. The van der Waals surface area contributed by atoms with Crippen molar-refractivity contribution in [3.05, 3.63) is 82.0 Å². The second-order valence-corrected chi connectivity index (χ2v) is 10.4. The summed E-state index contributed by atoms with van der Waals surface area (Å²) in [4.78, 5) is 34.5. The third-order valence-corrected chi connectivity index (χ3v) is 7.37. The number of hydrogen-bond donors (Lipinski definition) is 4. The van der Waals surface area contributed by atoms with Gasteiger partial charge in [0.1, 0.15) is 23.4 Å². The zero-order valence-electron chi connectivity index (χ0n) is 23.8. The Hall–Kier alpha value is -4.02. The molecule has 2 heterocycles. The van der Waals surface area contributed by atoms with Crippen LogP contribution in [0.4, 0.5) is 14.6 Å². The van der Waals surface area contributed by atoms with E-state index in [4.69, 9.17) is 0 Å². The number of unbranched alkanes of at least 4 members (excludes halogenated alkanes) is 4. The van der Waals surface area contributed by atoms with E-state index >= 15 is 0 Å². The van der Waals surface area contributed by atoms with E-state index in [1.54, 1.807) is 24.3 Å². The number of aryl methyl sites for hydroxylation is 1. The number of benzene rings is 2. The molecule has 0 radical (unpaired) electrons. The molecule has 1 aliphatic rings. The number of nitrogens with one attached hydrogen (secondary N) is 2. The molecular formula is C32H36F2N4O4. The van der Waals surface area contributed by atoms with Crippen molar-refractivity contribution in [2.45, 2.75) is 57.9 Å². The monoisotopic (exact) mass is 578 g/mol. The standard InChI is InChI=1S/C32H36F2N4O4/c1-3-4-5-6-7-13-35-31(41)20-12-11-19(2)22(14-20)23-15-27(37-21(17-39)18-40)38-30-24(23)16-36-32(42)29(30)28-25(33)9-8-10-26(28)34/h8-12,14-16,21,29,39-40H,3-7,13,17-18H2,1-2H3,(H,35,41)(H,37,38). The van der Waals surface area contributed by atoms with Crippen LogP contribution in [0.5, 0.6) is 0 Å². The topological polar surface area (TPSA) is 124 Å². The molecule has 1 atom stereocenters. The summed E-state index contributed by atoms with van der Waals surface area (Å²) in [5.41, 5.74) is 2.33. The number of carbonyl (C=O) groups excluding carboxylic acids is 2. The Morgan fingerprint density at radius 1 is 1.00 bits per heavy atom. The molecule has 0 saturated heterocycles. The second-order valence-electron chi connectivity index (χ2n) is 10.4. The highest BCUT2D eigenvalue weighted by Crippen LogP contribution is 2.39. The van der Waals surface area contributed by atoms with Crippen LogP contribution in [-0.4, -0.2) is 59.0 Å². The van der Waals surface area contributed by atoms with Crippen molar-refractivity contribution in [2.24, 2.45) is 4.99 Å². The normalized spacial score (nSPS) is 14.3. The highest BCUT2D eigenvalue weighted by Gasteiger charge is 2.35. The summed E-state index contributed by atoms with van der Waals surface area (Å²) in [6.07, 6.45) is 6.67. The summed E-state index contributed by atoms with van der Waals surface area (Å²) in [6, 6.07) is 9.45. The Morgan fingerprint density at radius 2 is 1.71 bits per heavy atom. The summed E-state index contributed by atoms with van der Waals surface area (Å²) in [6.45, 7) is 3.73. The minimum Gasteiger partial charge on any atom is -0.394 e. The third-order valence-electron chi connectivity index (χ3n) is 7.37. The smallest absolute Gasteiger partial charge is 0.259 e. The van der Waals surface area contributed by atoms with Crippen molar-refractivity contribution >= 4 is 23.8 Å². The van der Waals surface area contributed by atoms with E-state index in [-0.39, 0.29) is 17.4 Å². The maximum atomic E-state index is 14.9. The van der Waals surface area contributed by atoms with Crippen LogP contribution in [0.25, 0.3) is 11.1 Å². The highest BCUT2D eigenvalue weighted by molar-refractivity contribution is 6.06. The first-order valence-corrected chi connectivity index (χ1v) is 14.2. The molecule has 0 fully saturated rings. The number of hydrogen-bond acceptors (Lipinski definition) is 6. The van der Waals surface area contributed by atoms with E-state index in [1.807, 2.05) is 6.92 Å². The van der Waals surface area contributed by atoms with E-state index < -0.39 is 48.3 Å². The lowest BCUT2D eigenvalue weighted by Crippen LogP contribution is -2.29. The van der Waals surface area contributed by atoms with Gasteiger partial charge in [0.15, 0.2) is 0 Å². The Bertz CT molecular complexity index is 1450. The number of nitrogens with zero attached hydrogens (tertiary/aromatic N) is 2. The first kappa shape index (κ1) is 30.9. The van der Waals surface area contributed by atoms with E-state index in [0.717, 1.165) is 43.4 Å². The Labute approximate surface area is 243 Å². The van der Waals surface area contributed by atoms with Gasteiger partial charge in [0.05, 0.1) is 24.9 Å². The van der Waals surface area contributed by atoms with Crippen molar-refractivity contribution in [1.82, 2.24) is 10.3 Å². The first-order valence-electron chi connectivity index (χ1n) is 14.2. The molecule has 1 aromatic heterocycles. The third kappa shape index (κ3) is 6.88. The fourth-order valence-corrected chi connectivity index (χ4v) is 5.04. The fraction of sp³-hybridized carbons (Fsp3) is 0.375. The molecule has 10 heteroatoms. The quantitative estimate of drug-likeness (QED) is 0.214. The first-order chi connectivity index (χ1) is 20.3. The molecule has 0 saturated carbocycles. The fourth-order valence-electron chi connectivity index (χ4n) is 5.04. The molecule has 2 amide bonds.